The molecule has 0 bridgehead atoms. The van der Waals surface area contributed by atoms with E-state index >= 15 is 0 Å². The fourth-order valence-electron chi connectivity index (χ4n) is 1.57. The summed E-state index contributed by atoms with van der Waals surface area (Å²) in [7, 11) is 0. The number of benzene rings is 1. The van der Waals surface area contributed by atoms with Crippen molar-refractivity contribution >= 4 is 17.0 Å². The van der Waals surface area contributed by atoms with E-state index in [-0.39, 0.29) is 0 Å². The summed E-state index contributed by atoms with van der Waals surface area (Å²) in [5, 5.41) is 19.2. The van der Waals surface area contributed by atoms with Crippen molar-refractivity contribution in [1.29, 1.82) is 0 Å². The van der Waals surface area contributed by atoms with Crippen molar-refractivity contribution in [3.05, 3.63) is 40.8 Å². The van der Waals surface area contributed by atoms with Crippen molar-refractivity contribution in [3.8, 4) is 11.4 Å². The molecule has 1 aromatic carbocycles. The number of nitrogens with zero attached hydrogens (tertiary/aromatic N) is 4. The smallest absolute Gasteiger partial charge is 0.204 e. The lowest BCUT2D eigenvalue weighted by atomic mass is 10.2. The number of anilines is 1. The highest BCUT2D eigenvalue weighted by molar-refractivity contribution is 7.07. The molecule has 3 rings (SSSR count). The lowest BCUT2D eigenvalue weighted by Crippen LogP contribution is -1.99. The molecule has 18 heavy (non-hydrogen) atoms. The molecule has 0 fully saturated rings. The fraction of sp³-hybridized carbons (Fsp3) is 0.0909. The van der Waals surface area contributed by atoms with E-state index in [1.807, 2.05) is 35.2 Å². The Balaban J connectivity index is 1.75. The van der Waals surface area contributed by atoms with Crippen LogP contribution in [0.25, 0.3) is 11.4 Å². The predicted molar refractivity (Wildman–Crippen MR) is 69.1 cm³/mol. The van der Waals surface area contributed by atoms with Gasteiger partial charge in [-0.05, 0) is 17.3 Å². The van der Waals surface area contributed by atoms with Crippen LogP contribution in [-0.2, 0) is 6.54 Å². The van der Waals surface area contributed by atoms with Gasteiger partial charge in [-0.2, -0.15) is 5.21 Å². The van der Waals surface area contributed by atoms with Crippen LogP contribution < -0.4 is 5.32 Å². The Morgan fingerprint density at radius 1 is 1.33 bits per heavy atom. The van der Waals surface area contributed by atoms with Crippen LogP contribution in [0.4, 0.5) is 5.69 Å². The molecule has 0 spiro atoms. The summed E-state index contributed by atoms with van der Waals surface area (Å²) in [5.74, 6) is 0.590. The molecule has 0 aliphatic carbocycles. The first kappa shape index (κ1) is 10.8. The minimum absolute atomic E-state index is 0.590. The van der Waals surface area contributed by atoms with Crippen molar-refractivity contribution in [2.75, 3.05) is 5.32 Å². The van der Waals surface area contributed by atoms with Crippen LogP contribution in [0.3, 0.4) is 0 Å². The first-order valence-corrected chi connectivity index (χ1v) is 6.31. The van der Waals surface area contributed by atoms with Crippen LogP contribution in [0.2, 0.25) is 0 Å². The highest BCUT2D eigenvalue weighted by atomic mass is 32.1. The van der Waals surface area contributed by atoms with E-state index < -0.39 is 0 Å². The third kappa shape index (κ3) is 2.35. The average Bonchev–Trinajstić information content (AvgIpc) is 3.10. The van der Waals surface area contributed by atoms with Gasteiger partial charge in [0.1, 0.15) is 0 Å². The molecule has 2 heterocycles. The maximum atomic E-state index is 4.22. The number of H-pyrrole nitrogens is 1. The van der Waals surface area contributed by atoms with E-state index in [9.17, 15) is 0 Å². The molecule has 3 aromatic rings. The number of thiazole rings is 1. The summed E-state index contributed by atoms with van der Waals surface area (Å²) in [6.45, 7) is 0.708. The molecule has 7 heteroatoms. The third-order valence-corrected chi connectivity index (χ3v) is 3.06. The molecule has 0 amide bonds. The summed E-state index contributed by atoms with van der Waals surface area (Å²) in [6, 6.07) is 7.88. The summed E-state index contributed by atoms with van der Waals surface area (Å²) in [4.78, 5) is 4.22. The van der Waals surface area contributed by atoms with Crippen LogP contribution in [0.1, 0.15) is 5.69 Å². The maximum absolute atomic E-state index is 4.22. The molecule has 6 nitrogen and oxygen atoms in total. The number of aromatic nitrogens is 5. The van der Waals surface area contributed by atoms with E-state index in [2.05, 4.69) is 30.9 Å². The van der Waals surface area contributed by atoms with Gasteiger partial charge in [-0.25, -0.2) is 4.98 Å². The van der Waals surface area contributed by atoms with Gasteiger partial charge in [0.25, 0.3) is 0 Å². The van der Waals surface area contributed by atoms with E-state index in [4.69, 9.17) is 0 Å². The summed E-state index contributed by atoms with van der Waals surface area (Å²) < 4.78 is 0. The molecule has 0 saturated carbocycles. The zero-order chi connectivity index (χ0) is 12.2. The number of aromatic amines is 1. The monoisotopic (exact) mass is 258 g/mol. The van der Waals surface area contributed by atoms with E-state index in [1.54, 1.807) is 11.3 Å². The number of tetrazole rings is 1. The highest BCUT2D eigenvalue weighted by Crippen LogP contribution is 2.18. The molecule has 0 aliphatic heterocycles. The Morgan fingerprint density at radius 3 is 3.11 bits per heavy atom. The number of hydrogen-bond donors (Lipinski definition) is 2. The Morgan fingerprint density at radius 2 is 2.33 bits per heavy atom. The Hall–Kier alpha value is -2.28. The second-order valence-corrected chi connectivity index (χ2v) is 4.37. The second-order valence-electron chi connectivity index (χ2n) is 3.65. The topological polar surface area (TPSA) is 79.4 Å². The zero-order valence-electron chi connectivity index (χ0n) is 9.37. The van der Waals surface area contributed by atoms with Crippen LogP contribution >= 0.6 is 11.3 Å². The molecule has 2 N–H and O–H groups in total. The van der Waals surface area contributed by atoms with Gasteiger partial charge in [-0.3, -0.25) is 0 Å². The summed E-state index contributed by atoms with van der Waals surface area (Å²) >= 11 is 1.59. The van der Waals surface area contributed by atoms with Gasteiger partial charge < -0.3 is 5.32 Å². The standard InChI is InChI=1S/C11H10N6S/c1-2-8(11-14-16-17-15-11)4-9(3-1)12-5-10-6-18-7-13-10/h1-4,6-7,12H,5H2,(H,14,15,16,17). The van der Waals surface area contributed by atoms with Crippen molar-refractivity contribution < 1.29 is 0 Å². The molecule has 2 aromatic heterocycles. The Kier molecular flexibility index (Phi) is 2.97. The zero-order valence-corrected chi connectivity index (χ0v) is 10.2. The first-order valence-electron chi connectivity index (χ1n) is 5.36. The molecule has 0 aliphatic rings. The van der Waals surface area contributed by atoms with Crippen molar-refractivity contribution in [3.63, 3.8) is 0 Å². The van der Waals surface area contributed by atoms with Crippen LogP contribution in [-0.4, -0.2) is 25.6 Å². The van der Waals surface area contributed by atoms with E-state index in [0.717, 1.165) is 16.9 Å². The number of rotatable bonds is 4. The predicted octanol–water partition coefficient (Wildman–Crippen LogP) is 1.94. The van der Waals surface area contributed by atoms with Gasteiger partial charge in [-0.15, -0.1) is 21.5 Å². The molecule has 0 radical (unpaired) electrons. The SMILES string of the molecule is c1cc(NCc2cscn2)cc(-c2nn[nH]n2)c1. The largest absolute Gasteiger partial charge is 0.379 e. The summed E-state index contributed by atoms with van der Waals surface area (Å²) in [5.41, 5.74) is 4.79. The van der Waals surface area contributed by atoms with Crippen LogP contribution in [0.5, 0.6) is 0 Å². The molecule has 0 atom stereocenters. The van der Waals surface area contributed by atoms with Gasteiger partial charge in [0.2, 0.25) is 5.82 Å². The lowest BCUT2D eigenvalue weighted by Gasteiger charge is -2.05. The quantitative estimate of drug-likeness (QED) is 0.747. The van der Waals surface area contributed by atoms with Gasteiger partial charge in [0.15, 0.2) is 0 Å². The second kappa shape index (κ2) is 4.92. The summed E-state index contributed by atoms with van der Waals surface area (Å²) in [6.07, 6.45) is 0. The average molecular weight is 258 g/mol. The van der Waals surface area contributed by atoms with Gasteiger partial charge >= 0.3 is 0 Å². The molecular formula is C11H10N6S. The molecule has 0 saturated heterocycles. The lowest BCUT2D eigenvalue weighted by molar-refractivity contribution is 0.881. The number of hydrogen-bond acceptors (Lipinski definition) is 6. The fourth-order valence-corrected chi connectivity index (χ4v) is 2.13. The Bertz CT molecular complexity index is 604. The van der Waals surface area contributed by atoms with Crippen molar-refractivity contribution in [2.24, 2.45) is 0 Å². The van der Waals surface area contributed by atoms with Crippen molar-refractivity contribution in [1.82, 2.24) is 25.6 Å². The first-order chi connectivity index (χ1) is 8.92. The van der Waals surface area contributed by atoms with Crippen molar-refractivity contribution in [2.45, 2.75) is 6.54 Å². The minimum atomic E-state index is 0.590. The number of nitrogens with one attached hydrogen (secondary N) is 2. The molecule has 0 unspecified atom stereocenters. The molecule has 90 valence electrons. The van der Waals surface area contributed by atoms with E-state index in [1.165, 1.54) is 0 Å². The Labute approximate surface area is 107 Å². The van der Waals surface area contributed by atoms with Gasteiger partial charge in [-0.1, -0.05) is 12.1 Å². The third-order valence-electron chi connectivity index (χ3n) is 2.42. The van der Waals surface area contributed by atoms with Crippen LogP contribution in [0.15, 0.2) is 35.2 Å². The van der Waals surface area contributed by atoms with Gasteiger partial charge in [0.05, 0.1) is 17.7 Å². The molecular weight excluding hydrogens is 248 g/mol. The normalized spacial score (nSPS) is 10.4. The minimum Gasteiger partial charge on any atom is -0.379 e. The van der Waals surface area contributed by atoms with E-state index in [0.29, 0.717) is 12.4 Å². The van der Waals surface area contributed by atoms with Gasteiger partial charge in [0, 0.05) is 16.6 Å². The highest BCUT2D eigenvalue weighted by Gasteiger charge is 2.03. The van der Waals surface area contributed by atoms with Crippen LogP contribution in [0, 0.1) is 0 Å². The maximum Gasteiger partial charge on any atom is 0.204 e.